The summed E-state index contributed by atoms with van der Waals surface area (Å²) in [6.45, 7) is 4.74. The molecule has 9 heteroatoms. The van der Waals surface area contributed by atoms with Crippen molar-refractivity contribution in [3.05, 3.63) is 24.3 Å². The van der Waals surface area contributed by atoms with Gasteiger partial charge in [-0.1, -0.05) is 167 Å². The molecule has 0 rings (SSSR count). The van der Waals surface area contributed by atoms with Crippen molar-refractivity contribution >= 4 is 13.7 Å². The quantitative estimate of drug-likeness (QED) is 0.0254. The molecule has 3 N–H and O–H groups in total. The standard InChI is InChI=1S/C41H81N2O6P/c1-6-8-10-12-14-15-16-17-18-19-20-21-22-23-24-25-26-27-29-30-32-34-40(44)39(38-49-50(46,47)48-37-36-43(3,4)5)42-41(45)35-33-31-28-13-11-9-7-2/h26-27,32,34,39-40,44H,6-25,28-31,33,35-38H2,1-5H3,(H-,42,45,46,47)/p+1/b27-26+,34-32+. The topological polar surface area (TPSA) is 105 Å². The average Bonchev–Trinajstić information content (AvgIpc) is 3.06. The zero-order valence-electron chi connectivity index (χ0n) is 33.4. The summed E-state index contributed by atoms with van der Waals surface area (Å²) in [4.78, 5) is 22.9. The van der Waals surface area contributed by atoms with Crippen LogP contribution in [0.3, 0.4) is 0 Å². The lowest BCUT2D eigenvalue weighted by Crippen LogP contribution is -2.45. The Labute approximate surface area is 309 Å². The number of nitrogens with zero attached hydrogens (tertiary/aromatic N) is 1. The van der Waals surface area contributed by atoms with E-state index >= 15 is 0 Å². The van der Waals surface area contributed by atoms with Gasteiger partial charge >= 0.3 is 7.82 Å². The number of unbranched alkanes of at least 4 members (excludes halogenated alkanes) is 22. The predicted octanol–water partition coefficient (Wildman–Crippen LogP) is 11.0. The van der Waals surface area contributed by atoms with Crippen LogP contribution in [-0.4, -0.2) is 73.4 Å². The van der Waals surface area contributed by atoms with Crippen molar-refractivity contribution < 1.29 is 32.9 Å². The molecule has 3 atom stereocenters. The summed E-state index contributed by atoms with van der Waals surface area (Å²) < 4.78 is 23.4. The van der Waals surface area contributed by atoms with Gasteiger partial charge in [0, 0.05) is 6.42 Å². The summed E-state index contributed by atoms with van der Waals surface area (Å²) in [5.41, 5.74) is 0. The Hall–Kier alpha value is -1.02. The highest BCUT2D eigenvalue weighted by atomic mass is 31.2. The lowest BCUT2D eigenvalue weighted by Gasteiger charge is -2.25. The Morgan fingerprint density at radius 1 is 0.660 bits per heavy atom. The first-order valence-corrected chi connectivity index (χ1v) is 22.2. The minimum absolute atomic E-state index is 0.0575. The summed E-state index contributed by atoms with van der Waals surface area (Å²) in [7, 11) is 1.55. The Morgan fingerprint density at radius 2 is 1.10 bits per heavy atom. The first-order chi connectivity index (χ1) is 24.0. The first-order valence-electron chi connectivity index (χ1n) is 20.7. The fraction of sp³-hybridized carbons (Fsp3) is 0.878. The van der Waals surface area contributed by atoms with Crippen molar-refractivity contribution in [1.29, 1.82) is 0 Å². The molecule has 0 aromatic carbocycles. The number of amides is 1. The third kappa shape index (κ3) is 35.4. The van der Waals surface area contributed by atoms with Gasteiger partial charge in [0.05, 0.1) is 39.9 Å². The molecule has 0 spiro atoms. The Bertz CT molecular complexity index is 876. The van der Waals surface area contributed by atoms with Crippen LogP contribution >= 0.6 is 7.82 Å². The van der Waals surface area contributed by atoms with Gasteiger partial charge in [-0.05, 0) is 32.1 Å². The van der Waals surface area contributed by atoms with Gasteiger partial charge in [-0.15, -0.1) is 0 Å². The van der Waals surface area contributed by atoms with Gasteiger partial charge in [-0.25, -0.2) is 4.57 Å². The van der Waals surface area contributed by atoms with E-state index in [1.165, 1.54) is 122 Å². The van der Waals surface area contributed by atoms with Gasteiger partial charge in [0.15, 0.2) is 0 Å². The molecule has 0 fully saturated rings. The number of phosphoric acid groups is 1. The molecule has 0 aromatic heterocycles. The fourth-order valence-corrected chi connectivity index (χ4v) is 6.56. The number of likely N-dealkylation sites (N-methyl/N-ethyl adjacent to an activating group) is 1. The number of quaternary nitrogens is 1. The summed E-state index contributed by atoms with van der Waals surface area (Å²) in [5.74, 6) is -0.194. The number of aliphatic hydroxyl groups is 1. The molecule has 0 bridgehead atoms. The third-order valence-electron chi connectivity index (χ3n) is 9.17. The smallest absolute Gasteiger partial charge is 0.387 e. The van der Waals surface area contributed by atoms with E-state index < -0.39 is 20.0 Å². The van der Waals surface area contributed by atoms with Gasteiger partial charge in [0.25, 0.3) is 0 Å². The number of carbonyl (C=O) groups excluding carboxylic acids is 1. The zero-order chi connectivity index (χ0) is 37.2. The second-order valence-corrected chi connectivity index (χ2v) is 16.8. The Morgan fingerprint density at radius 3 is 1.60 bits per heavy atom. The molecule has 0 aromatic rings. The van der Waals surface area contributed by atoms with E-state index in [0.717, 1.165) is 38.5 Å². The third-order valence-corrected chi connectivity index (χ3v) is 10.2. The molecule has 1 amide bonds. The maximum Gasteiger partial charge on any atom is 0.472 e. The van der Waals surface area contributed by atoms with Crippen molar-refractivity contribution in [3.8, 4) is 0 Å². The Kier molecular flexibility index (Phi) is 33.1. The van der Waals surface area contributed by atoms with E-state index in [0.29, 0.717) is 17.4 Å². The van der Waals surface area contributed by atoms with Gasteiger partial charge in [-0.3, -0.25) is 13.8 Å². The number of phosphoric ester groups is 1. The zero-order valence-corrected chi connectivity index (χ0v) is 34.3. The van der Waals surface area contributed by atoms with Crippen LogP contribution in [0.4, 0.5) is 0 Å². The second kappa shape index (κ2) is 33.8. The molecule has 0 saturated carbocycles. The van der Waals surface area contributed by atoms with Crippen molar-refractivity contribution in [2.24, 2.45) is 0 Å². The number of allylic oxidation sites excluding steroid dienone is 3. The number of carbonyl (C=O) groups is 1. The number of rotatable bonds is 37. The summed E-state index contributed by atoms with van der Waals surface area (Å²) in [6.07, 6.45) is 38.4. The van der Waals surface area contributed by atoms with Crippen LogP contribution in [0.25, 0.3) is 0 Å². The van der Waals surface area contributed by atoms with Crippen LogP contribution in [-0.2, 0) is 18.4 Å². The molecule has 0 saturated heterocycles. The maximum absolute atomic E-state index is 12.7. The van der Waals surface area contributed by atoms with Gasteiger partial charge in [0.2, 0.25) is 5.91 Å². The van der Waals surface area contributed by atoms with E-state index in [9.17, 15) is 19.4 Å². The molecule has 8 nitrogen and oxygen atoms in total. The van der Waals surface area contributed by atoms with Crippen LogP contribution in [0.1, 0.15) is 181 Å². The molecule has 3 unspecified atom stereocenters. The molecule has 50 heavy (non-hydrogen) atoms. The number of nitrogens with one attached hydrogen (secondary N) is 1. The molecule has 0 heterocycles. The van der Waals surface area contributed by atoms with Crippen LogP contribution in [0.5, 0.6) is 0 Å². The molecule has 296 valence electrons. The highest BCUT2D eigenvalue weighted by Gasteiger charge is 2.27. The molecule has 0 aliphatic carbocycles. The maximum atomic E-state index is 12.7. The number of hydrogen-bond acceptors (Lipinski definition) is 5. The van der Waals surface area contributed by atoms with Gasteiger partial charge in [-0.2, -0.15) is 0 Å². The molecular weight excluding hydrogens is 647 g/mol. The SMILES string of the molecule is CCCCCCCCCCCCCCCCC/C=C/CC/C=C/C(O)C(COP(=O)(O)OCC[N+](C)(C)C)NC(=O)CCCCCCCCC. The normalized spacial score (nSPS) is 14.8. The van der Waals surface area contributed by atoms with E-state index in [1.807, 2.05) is 27.2 Å². The van der Waals surface area contributed by atoms with E-state index in [-0.39, 0.29) is 19.1 Å². The predicted molar refractivity (Wildman–Crippen MR) is 212 cm³/mol. The van der Waals surface area contributed by atoms with Crippen molar-refractivity contribution in [2.45, 2.75) is 193 Å². The van der Waals surface area contributed by atoms with Crippen LogP contribution in [0.2, 0.25) is 0 Å². The highest BCUT2D eigenvalue weighted by molar-refractivity contribution is 7.47. The van der Waals surface area contributed by atoms with Crippen molar-refractivity contribution in [2.75, 3.05) is 40.9 Å². The average molecular weight is 730 g/mol. The summed E-state index contributed by atoms with van der Waals surface area (Å²) in [5, 5.41) is 13.7. The van der Waals surface area contributed by atoms with Crippen LogP contribution in [0.15, 0.2) is 24.3 Å². The van der Waals surface area contributed by atoms with Crippen molar-refractivity contribution in [1.82, 2.24) is 5.32 Å². The minimum atomic E-state index is -4.33. The lowest BCUT2D eigenvalue weighted by atomic mass is 10.0. The molecule has 0 aliphatic heterocycles. The van der Waals surface area contributed by atoms with Gasteiger partial charge in [0.1, 0.15) is 13.2 Å². The second-order valence-electron chi connectivity index (χ2n) is 15.4. The largest absolute Gasteiger partial charge is 0.472 e. The molecule has 0 radical (unpaired) electrons. The molecular formula is C41H82N2O6P+. The number of hydrogen-bond donors (Lipinski definition) is 3. The van der Waals surface area contributed by atoms with Crippen molar-refractivity contribution in [3.63, 3.8) is 0 Å². The Balaban J connectivity index is 4.35. The fourth-order valence-electron chi connectivity index (χ4n) is 5.82. The summed E-state index contributed by atoms with van der Waals surface area (Å²) in [6, 6.07) is -0.855. The first kappa shape index (κ1) is 49.0. The minimum Gasteiger partial charge on any atom is -0.387 e. The van der Waals surface area contributed by atoms with Crippen LogP contribution in [0, 0.1) is 0 Å². The van der Waals surface area contributed by atoms with Gasteiger partial charge < -0.3 is 19.8 Å². The monoisotopic (exact) mass is 730 g/mol. The van der Waals surface area contributed by atoms with E-state index in [2.05, 4.69) is 31.3 Å². The van der Waals surface area contributed by atoms with E-state index in [1.54, 1.807) is 6.08 Å². The summed E-state index contributed by atoms with van der Waals surface area (Å²) >= 11 is 0. The lowest BCUT2D eigenvalue weighted by molar-refractivity contribution is -0.870. The van der Waals surface area contributed by atoms with Crippen LogP contribution < -0.4 is 5.32 Å². The highest BCUT2D eigenvalue weighted by Crippen LogP contribution is 2.43. The van der Waals surface area contributed by atoms with E-state index in [4.69, 9.17) is 9.05 Å². The number of aliphatic hydroxyl groups excluding tert-OH is 1. The molecule has 0 aliphatic rings.